The van der Waals surface area contributed by atoms with Gasteiger partial charge in [0.15, 0.2) is 16.1 Å². The summed E-state index contributed by atoms with van der Waals surface area (Å²) in [6.45, 7) is 61.9. The molecule has 8 heteroatoms. The second kappa shape index (κ2) is 20.9. The molecule has 9 aromatic carbocycles. The standard InChI is InChI=1S/C90H106N4O2Si2/c1-27-97-77-65-45-57(87(15,16)17)49-69(77)95-70-50-58(88(18,19)20)46-66(78(70)97)92(62-39-31-54(32-40-62)84(6,7)8)74-76-82-75(73(81(74)97)91(65)61-37-29-53(30-38-61)83(3,4)5)93(63-41-33-55(34-42-63)85(9,10)11)67-47-59(89(21,22)23)51-71-79(67)98(82,28-2)80-68(48-60(90(24,25)26)52-72(80)96-71)94(76)64-43-35-56(36-44-64)86(12,13)14/h29-52H,27-28H2,1-26H3. The highest BCUT2D eigenvalue weighted by atomic mass is 28.3. The molecule has 98 heavy (non-hydrogen) atoms. The number of fused-ring (bicyclic) bond motifs is 2. The second-order valence-corrected chi connectivity index (χ2v) is 45.9. The van der Waals surface area contributed by atoms with E-state index in [9.17, 15) is 0 Å². The molecule has 0 spiro atoms. The Morgan fingerprint density at radius 2 is 0.408 bits per heavy atom. The van der Waals surface area contributed by atoms with Crippen LogP contribution in [-0.2, 0) is 43.3 Å². The predicted octanol–water partition coefficient (Wildman–Crippen LogP) is 22.4. The lowest BCUT2D eigenvalue weighted by molar-refractivity contribution is 0.478. The van der Waals surface area contributed by atoms with Crippen molar-refractivity contribution in [2.75, 3.05) is 19.6 Å². The highest BCUT2D eigenvalue weighted by Crippen LogP contribution is 2.64. The van der Waals surface area contributed by atoms with Crippen LogP contribution in [-0.4, -0.2) is 16.1 Å². The summed E-state index contributed by atoms with van der Waals surface area (Å²) in [4.78, 5) is 11.2. The molecule has 6 aliphatic rings. The molecule has 0 aliphatic carbocycles. The summed E-state index contributed by atoms with van der Waals surface area (Å²) in [5.41, 5.74) is 23.7. The third-order valence-electron chi connectivity index (χ3n) is 23.1. The van der Waals surface area contributed by atoms with Crippen LogP contribution in [0.15, 0.2) is 146 Å². The van der Waals surface area contributed by atoms with Crippen molar-refractivity contribution < 1.29 is 9.47 Å². The van der Waals surface area contributed by atoms with Gasteiger partial charge in [0.2, 0.25) is 0 Å². The first-order valence-electron chi connectivity index (χ1n) is 36.5. The first-order valence-corrected chi connectivity index (χ1v) is 40.9. The molecule has 0 bridgehead atoms. The smallest absolute Gasteiger partial charge is 0.168 e. The number of nitrogens with zero attached hydrogens (tertiary/aromatic N) is 4. The first-order chi connectivity index (χ1) is 45.5. The van der Waals surface area contributed by atoms with Gasteiger partial charge in [0.05, 0.1) is 45.5 Å². The van der Waals surface area contributed by atoms with E-state index < -0.39 is 16.1 Å². The molecule has 6 heterocycles. The number of benzene rings is 9. The molecule has 0 saturated carbocycles. The minimum atomic E-state index is -3.43. The topological polar surface area (TPSA) is 31.4 Å². The minimum Gasteiger partial charge on any atom is -0.457 e. The molecule has 0 fully saturated rings. The van der Waals surface area contributed by atoms with E-state index in [1.807, 2.05) is 0 Å². The van der Waals surface area contributed by atoms with Crippen LogP contribution >= 0.6 is 0 Å². The summed E-state index contributed by atoms with van der Waals surface area (Å²) in [7, 11) is -6.85. The maximum absolute atomic E-state index is 7.99. The van der Waals surface area contributed by atoms with Crippen LogP contribution in [0.3, 0.4) is 0 Å². The van der Waals surface area contributed by atoms with Crippen molar-refractivity contribution in [2.45, 2.75) is 235 Å². The fourth-order valence-corrected chi connectivity index (χ4v) is 28.1. The average molecular weight is 1330 g/mol. The summed E-state index contributed by atoms with van der Waals surface area (Å²) < 4.78 is 16.0. The Hall–Kier alpha value is -7.79. The molecule has 0 N–H and O–H groups in total. The number of ether oxygens (including phenoxy) is 2. The molecule has 0 atom stereocenters. The van der Waals surface area contributed by atoms with Crippen LogP contribution in [0.4, 0.5) is 68.2 Å². The van der Waals surface area contributed by atoms with Crippen molar-refractivity contribution in [2.24, 2.45) is 0 Å². The van der Waals surface area contributed by atoms with E-state index in [-0.39, 0.29) is 43.3 Å². The molecule has 6 nitrogen and oxygen atoms in total. The van der Waals surface area contributed by atoms with Crippen molar-refractivity contribution in [3.8, 4) is 23.0 Å². The van der Waals surface area contributed by atoms with Gasteiger partial charge >= 0.3 is 0 Å². The van der Waals surface area contributed by atoms with Gasteiger partial charge in [0.25, 0.3) is 0 Å². The van der Waals surface area contributed by atoms with Crippen molar-refractivity contribution in [3.05, 3.63) is 190 Å². The molecule has 506 valence electrons. The predicted molar refractivity (Wildman–Crippen MR) is 425 cm³/mol. The maximum Gasteiger partial charge on any atom is 0.168 e. The fourth-order valence-electron chi connectivity index (χ4n) is 17.3. The Labute approximate surface area is 589 Å². The highest BCUT2D eigenvalue weighted by Gasteiger charge is 2.65. The Bertz CT molecular complexity index is 4230. The van der Waals surface area contributed by atoms with E-state index in [4.69, 9.17) is 9.47 Å². The summed E-state index contributed by atoms with van der Waals surface area (Å²) in [5.74, 6) is 3.98. The molecule has 0 amide bonds. The largest absolute Gasteiger partial charge is 0.457 e. The molecular formula is C90H106N4O2Si2. The monoisotopic (exact) mass is 1330 g/mol. The van der Waals surface area contributed by atoms with Crippen LogP contribution in [0.25, 0.3) is 0 Å². The van der Waals surface area contributed by atoms with E-state index >= 15 is 0 Å². The summed E-state index contributed by atoms with van der Waals surface area (Å²) in [6.07, 6.45) is 0. The van der Waals surface area contributed by atoms with Gasteiger partial charge in [-0.1, -0.05) is 229 Å². The maximum atomic E-state index is 7.99. The molecule has 0 radical (unpaired) electrons. The lowest BCUT2D eigenvalue weighted by Crippen LogP contribution is -2.78. The van der Waals surface area contributed by atoms with E-state index in [0.29, 0.717) is 0 Å². The summed E-state index contributed by atoms with van der Waals surface area (Å²) >= 11 is 0. The third kappa shape index (κ3) is 9.47. The van der Waals surface area contributed by atoms with E-state index in [1.165, 1.54) is 121 Å². The van der Waals surface area contributed by atoms with Gasteiger partial charge in [0.1, 0.15) is 23.0 Å². The van der Waals surface area contributed by atoms with Gasteiger partial charge in [-0.3, -0.25) is 0 Å². The minimum absolute atomic E-state index is 0.0766. The Morgan fingerprint density at radius 3 is 0.561 bits per heavy atom. The van der Waals surface area contributed by atoms with Gasteiger partial charge in [-0.05, 0) is 197 Å². The van der Waals surface area contributed by atoms with Crippen molar-refractivity contribution in [3.63, 3.8) is 0 Å². The van der Waals surface area contributed by atoms with Gasteiger partial charge < -0.3 is 29.1 Å². The average Bonchev–Trinajstić information content (AvgIpc) is 0.634. The number of anilines is 12. The molecular weight excluding hydrogens is 1230 g/mol. The zero-order valence-electron chi connectivity index (χ0n) is 63.9. The fraction of sp³-hybridized carbons (Fsp3) is 0.400. The molecule has 0 aromatic heterocycles. The molecule has 9 aromatic rings. The zero-order chi connectivity index (χ0) is 70.4. The van der Waals surface area contributed by atoms with Gasteiger partial charge in [0, 0.05) is 53.9 Å². The van der Waals surface area contributed by atoms with E-state index in [0.717, 1.165) is 57.8 Å². The molecule has 6 aliphatic heterocycles. The SMILES string of the molecule is CC[Si]12c3c4cc(C(C)(C)C)cc3N(c3ccc(C(C)(C)C)cc3)c3c5c6c(c(c31)N(c1ccc(C(C)(C)C)cc1)c1cc(C(C)(C)C)cc(c12)O4)N(c1ccc(C(C)(C)C)cc1)c1cc(C(C)(C)C)cc2c1[Si]6(CC)c1c(cc(C(C)(C)C)cc1N5c1ccc(C(C)(C)C)cc1)O2. The van der Waals surface area contributed by atoms with Gasteiger partial charge in [-0.15, -0.1) is 0 Å². The van der Waals surface area contributed by atoms with E-state index in [1.54, 1.807) is 0 Å². The summed E-state index contributed by atoms with van der Waals surface area (Å²) in [6, 6.07) is 61.2. The molecule has 15 rings (SSSR count). The van der Waals surface area contributed by atoms with Crippen LogP contribution in [0.1, 0.15) is 225 Å². The Morgan fingerprint density at radius 1 is 0.235 bits per heavy atom. The zero-order valence-corrected chi connectivity index (χ0v) is 65.9. The lowest BCUT2D eigenvalue weighted by Gasteiger charge is -2.59. The van der Waals surface area contributed by atoms with Crippen molar-refractivity contribution in [1.29, 1.82) is 0 Å². The van der Waals surface area contributed by atoms with E-state index in [2.05, 4.69) is 345 Å². The highest BCUT2D eigenvalue weighted by molar-refractivity contribution is 7.19. The first kappa shape index (κ1) is 66.1. The third-order valence-corrected chi connectivity index (χ3v) is 33.3. The second-order valence-electron chi connectivity index (χ2n) is 37.9. The number of hydrogen-bond donors (Lipinski definition) is 0. The van der Waals surface area contributed by atoms with Crippen LogP contribution in [0.2, 0.25) is 12.1 Å². The number of rotatable bonds is 6. The van der Waals surface area contributed by atoms with Gasteiger partial charge in [-0.2, -0.15) is 0 Å². The molecule has 0 saturated heterocycles. The van der Waals surface area contributed by atoms with Crippen molar-refractivity contribution >= 4 is 116 Å². The Kier molecular flexibility index (Phi) is 14.1. The normalized spacial score (nSPS) is 16.2. The quantitative estimate of drug-likeness (QED) is 0.154. The number of hydrogen-bond acceptors (Lipinski definition) is 6. The van der Waals surface area contributed by atoms with Crippen LogP contribution in [0, 0.1) is 0 Å². The van der Waals surface area contributed by atoms with Crippen molar-refractivity contribution in [1.82, 2.24) is 0 Å². The van der Waals surface area contributed by atoms with Crippen LogP contribution < -0.4 is 60.2 Å². The van der Waals surface area contributed by atoms with Crippen LogP contribution in [0.5, 0.6) is 23.0 Å². The van der Waals surface area contributed by atoms with Gasteiger partial charge in [-0.25, -0.2) is 0 Å². The summed E-state index contributed by atoms with van der Waals surface area (Å²) in [5, 5.41) is 8.35. The lowest BCUT2D eigenvalue weighted by atomic mass is 9.85. The molecule has 0 unspecified atom stereocenters. The Balaban J connectivity index is 1.28.